The number of nitrogens with one attached hydrogen (secondary N) is 1. The molecule has 0 atom stereocenters. The Morgan fingerprint density at radius 2 is 1.85 bits per heavy atom. The van der Waals surface area contributed by atoms with Crippen molar-refractivity contribution in [3.05, 3.63) is 29.8 Å². The van der Waals surface area contributed by atoms with Crippen LogP contribution in [0.5, 0.6) is 0 Å². The van der Waals surface area contributed by atoms with Crippen molar-refractivity contribution in [1.82, 2.24) is 38.7 Å². The van der Waals surface area contributed by atoms with Crippen LogP contribution in [-0.2, 0) is 31.9 Å². The molecule has 7 rings (SSSR count). The first kappa shape index (κ1) is 26.0. The predicted octanol–water partition coefficient (Wildman–Crippen LogP) is 3.31. The van der Waals surface area contributed by atoms with E-state index in [0.717, 1.165) is 84.8 Å². The number of hydrogen-bond acceptors (Lipinski definition) is 8. The number of pyridine rings is 1. The zero-order valence-corrected chi connectivity index (χ0v) is 23.4. The number of ether oxygens (including phenoxy) is 1. The van der Waals surface area contributed by atoms with Crippen LogP contribution in [0.3, 0.4) is 0 Å². The van der Waals surface area contributed by atoms with Gasteiger partial charge in [-0.25, -0.2) is 9.97 Å². The molecule has 39 heavy (non-hydrogen) atoms. The van der Waals surface area contributed by atoms with Crippen LogP contribution in [0, 0.1) is 0 Å². The number of aromatic nitrogens is 6. The molecule has 4 aromatic rings. The van der Waals surface area contributed by atoms with Crippen molar-refractivity contribution in [2.45, 2.75) is 57.8 Å². The Morgan fingerprint density at radius 1 is 1.13 bits per heavy atom. The van der Waals surface area contributed by atoms with Gasteiger partial charge in [0.1, 0.15) is 11.2 Å². The van der Waals surface area contributed by atoms with Gasteiger partial charge in [0.15, 0.2) is 17.9 Å². The molecule has 3 fully saturated rings. The summed E-state index contributed by atoms with van der Waals surface area (Å²) in [6.07, 6.45) is 8.50. The van der Waals surface area contributed by atoms with E-state index in [1.54, 1.807) is 6.33 Å². The highest BCUT2D eigenvalue weighted by Gasteiger charge is 2.36. The smallest absolute Gasteiger partial charge is 0.166 e. The number of aryl methyl sites for hydroxylation is 3. The van der Waals surface area contributed by atoms with Gasteiger partial charge in [0.25, 0.3) is 0 Å². The van der Waals surface area contributed by atoms with Crippen molar-refractivity contribution in [2.75, 3.05) is 38.7 Å². The molecule has 1 N–H and O–H groups in total. The van der Waals surface area contributed by atoms with E-state index >= 15 is 0 Å². The number of carbonyl (C=O) groups is 1. The summed E-state index contributed by atoms with van der Waals surface area (Å²) in [6, 6.07) is 5.91. The van der Waals surface area contributed by atoms with E-state index in [-0.39, 0.29) is 0 Å². The van der Waals surface area contributed by atoms with Crippen LogP contribution < -0.4 is 5.32 Å². The fourth-order valence-electron chi connectivity index (χ4n) is 5.54. The van der Waals surface area contributed by atoms with Crippen molar-refractivity contribution in [1.29, 1.82) is 0 Å². The van der Waals surface area contributed by atoms with Gasteiger partial charge < -0.3 is 24.1 Å². The maximum atomic E-state index is 11.6. The number of nitrogens with zero attached hydrogens (tertiary/aromatic N) is 8. The lowest BCUT2D eigenvalue weighted by molar-refractivity contribution is 0.0331. The Kier molecular flexibility index (Phi) is 7.13. The maximum absolute atomic E-state index is 11.6. The Bertz CT molecular complexity index is 1460. The van der Waals surface area contributed by atoms with Gasteiger partial charge in [-0.3, -0.25) is 14.4 Å². The quantitative estimate of drug-likeness (QED) is 0.345. The van der Waals surface area contributed by atoms with Crippen molar-refractivity contribution in [2.24, 2.45) is 14.1 Å². The van der Waals surface area contributed by atoms with Gasteiger partial charge in [0.2, 0.25) is 0 Å². The van der Waals surface area contributed by atoms with Crippen LogP contribution >= 0.6 is 0 Å². The molecule has 0 bridgehead atoms. The van der Waals surface area contributed by atoms with Crippen molar-refractivity contribution < 1.29 is 9.53 Å². The minimum Gasteiger partial charge on any atom is -0.379 e. The van der Waals surface area contributed by atoms with Gasteiger partial charge in [0, 0.05) is 63.8 Å². The third-order valence-corrected chi connectivity index (χ3v) is 8.13. The number of fused-ring (bicyclic) bond motifs is 3. The Labute approximate surface area is 228 Å². The second-order valence-electron chi connectivity index (χ2n) is 11.0. The molecule has 3 aliphatic rings. The molecule has 0 spiro atoms. The molecule has 208 valence electrons. The second-order valence-corrected chi connectivity index (χ2v) is 11.0. The SMILES string of the molecule is CCn1c(C=O)cc2c3c(ncn3C)c(Nc3cc(CN4CCOCC4)n(C)n3)nc21.CN(C1CC1)C1CC1. The summed E-state index contributed by atoms with van der Waals surface area (Å²) in [7, 11) is 6.17. The van der Waals surface area contributed by atoms with Crippen LogP contribution in [-0.4, -0.2) is 90.4 Å². The molecule has 11 heteroatoms. The molecule has 0 amide bonds. The summed E-state index contributed by atoms with van der Waals surface area (Å²) < 4.78 is 11.2. The Morgan fingerprint density at radius 3 is 2.49 bits per heavy atom. The molecule has 5 heterocycles. The summed E-state index contributed by atoms with van der Waals surface area (Å²) >= 11 is 0. The van der Waals surface area contributed by atoms with Crippen molar-refractivity contribution >= 4 is 40.0 Å². The van der Waals surface area contributed by atoms with Crippen LogP contribution in [0.15, 0.2) is 18.5 Å². The van der Waals surface area contributed by atoms with Gasteiger partial charge >= 0.3 is 0 Å². The topological polar surface area (TPSA) is 98.3 Å². The molecule has 0 unspecified atom stereocenters. The lowest BCUT2D eigenvalue weighted by atomic mass is 10.2. The molecule has 0 aromatic carbocycles. The van der Waals surface area contributed by atoms with Gasteiger partial charge in [-0.05, 0) is 45.7 Å². The highest BCUT2D eigenvalue weighted by molar-refractivity contribution is 6.08. The normalized spacial score (nSPS) is 18.1. The van der Waals surface area contributed by atoms with Crippen LogP contribution in [0.1, 0.15) is 48.8 Å². The number of anilines is 2. The average molecular weight is 534 g/mol. The maximum Gasteiger partial charge on any atom is 0.166 e. The van der Waals surface area contributed by atoms with Gasteiger partial charge in [-0.1, -0.05) is 0 Å². The van der Waals surface area contributed by atoms with Crippen LogP contribution in [0.4, 0.5) is 11.6 Å². The lowest BCUT2D eigenvalue weighted by Crippen LogP contribution is -2.36. The average Bonchev–Trinajstić information content (AvgIpc) is 3.87. The molecule has 0 radical (unpaired) electrons. The number of rotatable bonds is 8. The number of aldehydes is 1. The first-order valence-electron chi connectivity index (χ1n) is 14.1. The molecule has 2 aliphatic carbocycles. The molecule has 11 nitrogen and oxygen atoms in total. The number of morpholine rings is 1. The fraction of sp³-hybridized carbons (Fsp3) is 0.571. The summed E-state index contributed by atoms with van der Waals surface area (Å²) in [5.74, 6) is 1.35. The van der Waals surface area contributed by atoms with E-state index in [2.05, 4.69) is 32.2 Å². The highest BCUT2D eigenvalue weighted by Crippen LogP contribution is 2.35. The standard InChI is InChI=1S/C21H26N8O2.C7H13N/c1-4-29-15(12-30)9-16-19-18(22-13-26(19)2)20(24-21(16)29)23-17-10-14(27(3)25-17)11-28-5-7-31-8-6-28;1-8(6-2-3-6)7-4-5-7/h9-10,12-13H,4-8,11H2,1-3H3,(H,23,24,25);6-7H,2-5H2,1H3. The largest absolute Gasteiger partial charge is 0.379 e. The minimum absolute atomic E-state index is 0.607. The Balaban J connectivity index is 0.000000293. The number of carbonyl (C=O) groups excluding carboxylic acids is 1. The van der Waals surface area contributed by atoms with E-state index in [1.807, 2.05) is 47.0 Å². The van der Waals surface area contributed by atoms with Gasteiger partial charge in [0.05, 0.1) is 36.4 Å². The molecule has 2 saturated carbocycles. The lowest BCUT2D eigenvalue weighted by Gasteiger charge is -2.26. The molecule has 1 saturated heterocycles. The summed E-state index contributed by atoms with van der Waals surface area (Å²) in [4.78, 5) is 25.9. The first-order chi connectivity index (χ1) is 19.0. The summed E-state index contributed by atoms with van der Waals surface area (Å²) in [5.41, 5.74) is 4.17. The first-order valence-corrected chi connectivity index (χ1v) is 14.1. The summed E-state index contributed by atoms with van der Waals surface area (Å²) in [6.45, 7) is 6.86. The van der Waals surface area contributed by atoms with Crippen molar-refractivity contribution in [3.63, 3.8) is 0 Å². The van der Waals surface area contributed by atoms with Crippen molar-refractivity contribution in [3.8, 4) is 0 Å². The molecule has 1 aliphatic heterocycles. The van der Waals surface area contributed by atoms with E-state index in [9.17, 15) is 4.79 Å². The van der Waals surface area contributed by atoms with E-state index < -0.39 is 0 Å². The van der Waals surface area contributed by atoms with Gasteiger partial charge in [-0.15, -0.1) is 0 Å². The zero-order chi connectivity index (χ0) is 27.1. The Hall–Kier alpha value is -3.28. The van der Waals surface area contributed by atoms with E-state index in [1.165, 1.54) is 25.7 Å². The van der Waals surface area contributed by atoms with E-state index in [4.69, 9.17) is 9.72 Å². The van der Waals surface area contributed by atoms with Gasteiger partial charge in [-0.2, -0.15) is 5.10 Å². The van der Waals surface area contributed by atoms with Crippen LogP contribution in [0.2, 0.25) is 0 Å². The predicted molar refractivity (Wildman–Crippen MR) is 151 cm³/mol. The highest BCUT2D eigenvalue weighted by atomic mass is 16.5. The third kappa shape index (κ3) is 5.30. The summed E-state index contributed by atoms with van der Waals surface area (Å²) in [5, 5.41) is 8.92. The third-order valence-electron chi connectivity index (χ3n) is 8.13. The monoisotopic (exact) mass is 533 g/mol. The molecular weight excluding hydrogens is 494 g/mol. The van der Waals surface area contributed by atoms with Crippen LogP contribution in [0.25, 0.3) is 22.1 Å². The minimum atomic E-state index is 0.607. The van der Waals surface area contributed by atoms with E-state index in [0.29, 0.717) is 18.1 Å². The molecular formula is C28H39N9O2. The molecule has 4 aromatic heterocycles. The number of hydrogen-bond donors (Lipinski definition) is 1. The number of imidazole rings is 1. The zero-order valence-electron chi connectivity index (χ0n) is 23.4. The second kappa shape index (κ2) is 10.7. The fourth-order valence-corrected chi connectivity index (χ4v) is 5.54.